The van der Waals surface area contributed by atoms with Gasteiger partial charge in [0.15, 0.2) is 0 Å². The molecule has 40 heavy (non-hydrogen) atoms. The van der Waals surface area contributed by atoms with E-state index in [2.05, 4.69) is 41.5 Å². The molecule has 4 rings (SSSR count). The lowest BCUT2D eigenvalue weighted by atomic mass is 9.43. The van der Waals surface area contributed by atoms with E-state index in [-0.39, 0.29) is 35.5 Å². The summed E-state index contributed by atoms with van der Waals surface area (Å²) in [6.45, 7) is 16.1. The van der Waals surface area contributed by atoms with Gasteiger partial charge in [-0.05, 0) is 109 Å². The van der Waals surface area contributed by atoms with Gasteiger partial charge in [0.25, 0.3) is 0 Å². The molecule has 9 nitrogen and oxygen atoms in total. The van der Waals surface area contributed by atoms with Gasteiger partial charge in [0.05, 0.1) is 12.2 Å². The van der Waals surface area contributed by atoms with E-state index in [9.17, 15) is 31.0 Å². The highest BCUT2D eigenvalue weighted by molar-refractivity contribution is 7.81. The Morgan fingerprint density at radius 2 is 1.40 bits per heavy atom. The maximum absolute atomic E-state index is 11.9. The number of hydrogen-bond acceptors (Lipinski definition) is 7. The van der Waals surface area contributed by atoms with E-state index in [1.165, 1.54) is 12.8 Å². The summed E-state index contributed by atoms with van der Waals surface area (Å²) in [5, 5.41) is 10.8. The Morgan fingerprint density at radius 3 is 1.98 bits per heavy atom. The first-order chi connectivity index (χ1) is 18.2. The molecular formula is C29H52O9S2. The number of rotatable bonds is 8. The van der Waals surface area contributed by atoms with E-state index < -0.39 is 50.4 Å². The third kappa shape index (κ3) is 6.45. The van der Waals surface area contributed by atoms with Crippen molar-refractivity contribution in [3.8, 4) is 0 Å². The van der Waals surface area contributed by atoms with Crippen LogP contribution >= 0.6 is 0 Å². The van der Waals surface area contributed by atoms with Crippen LogP contribution in [-0.2, 0) is 29.2 Å². The van der Waals surface area contributed by atoms with Crippen molar-refractivity contribution in [2.45, 2.75) is 125 Å². The first kappa shape index (κ1) is 32.6. The van der Waals surface area contributed by atoms with Crippen LogP contribution in [0.3, 0.4) is 0 Å². The molecule has 0 bridgehead atoms. The minimum Gasteiger partial charge on any atom is -0.390 e. The Morgan fingerprint density at radius 1 is 0.825 bits per heavy atom. The molecule has 11 heteroatoms. The Kier molecular flexibility index (Phi) is 8.97. The van der Waals surface area contributed by atoms with Gasteiger partial charge in [0.1, 0.15) is 6.10 Å². The van der Waals surface area contributed by atoms with Crippen molar-refractivity contribution >= 4 is 20.8 Å². The molecular weight excluding hydrogens is 556 g/mol. The third-order valence-corrected chi connectivity index (χ3v) is 13.4. The van der Waals surface area contributed by atoms with Crippen LogP contribution in [0, 0.1) is 57.7 Å². The monoisotopic (exact) mass is 608 g/mol. The minimum atomic E-state index is -4.78. The summed E-state index contributed by atoms with van der Waals surface area (Å²) < 4.78 is 76.3. The lowest BCUT2D eigenvalue weighted by Gasteiger charge is -2.63. The van der Waals surface area contributed by atoms with Crippen molar-refractivity contribution in [1.82, 2.24) is 0 Å². The summed E-state index contributed by atoms with van der Waals surface area (Å²) in [7, 11) is -9.52. The number of aliphatic hydroxyl groups is 1. The summed E-state index contributed by atoms with van der Waals surface area (Å²) in [4.78, 5) is 0. The van der Waals surface area contributed by atoms with Crippen LogP contribution < -0.4 is 0 Å². The number of aliphatic hydroxyl groups excluding tert-OH is 1. The molecule has 4 aliphatic rings. The van der Waals surface area contributed by atoms with Crippen molar-refractivity contribution in [2.75, 3.05) is 0 Å². The van der Waals surface area contributed by atoms with Crippen molar-refractivity contribution in [3.63, 3.8) is 0 Å². The maximum Gasteiger partial charge on any atom is 0.397 e. The molecule has 0 saturated heterocycles. The molecule has 0 amide bonds. The van der Waals surface area contributed by atoms with Crippen LogP contribution in [0.25, 0.3) is 0 Å². The first-order valence-electron chi connectivity index (χ1n) is 15.1. The topological polar surface area (TPSA) is 147 Å². The average molecular weight is 609 g/mol. The smallest absolute Gasteiger partial charge is 0.390 e. The molecule has 234 valence electrons. The molecule has 4 saturated carbocycles. The van der Waals surface area contributed by atoms with E-state index in [4.69, 9.17) is 8.37 Å². The Balaban J connectivity index is 1.61. The SMILES string of the molecule is CC(CCC(C)C(C)(C)C)C1CCC2C3CC(OS(=O)(=O)O)C4CC(O)C(OS(=O)(=O)O)CC4(C)C3CCC12C. The van der Waals surface area contributed by atoms with Gasteiger partial charge in [-0.1, -0.05) is 54.9 Å². The molecule has 0 radical (unpaired) electrons. The zero-order chi connectivity index (χ0) is 30.1. The van der Waals surface area contributed by atoms with Crippen molar-refractivity contribution in [2.24, 2.45) is 57.7 Å². The van der Waals surface area contributed by atoms with Gasteiger partial charge in [-0.3, -0.25) is 9.11 Å². The fraction of sp³-hybridized carbons (Fsp3) is 1.00. The van der Waals surface area contributed by atoms with Gasteiger partial charge < -0.3 is 5.11 Å². The van der Waals surface area contributed by atoms with Gasteiger partial charge in [-0.25, -0.2) is 8.37 Å². The van der Waals surface area contributed by atoms with Crippen LogP contribution in [0.2, 0.25) is 0 Å². The molecule has 12 unspecified atom stereocenters. The predicted molar refractivity (Wildman–Crippen MR) is 152 cm³/mol. The van der Waals surface area contributed by atoms with Crippen LogP contribution in [0.4, 0.5) is 0 Å². The lowest BCUT2D eigenvalue weighted by molar-refractivity contribution is -0.187. The molecule has 0 aliphatic heterocycles. The summed E-state index contributed by atoms with van der Waals surface area (Å²) in [5.74, 6) is 2.02. The van der Waals surface area contributed by atoms with Gasteiger partial charge in [-0.2, -0.15) is 16.8 Å². The van der Waals surface area contributed by atoms with Gasteiger partial charge in [0.2, 0.25) is 0 Å². The summed E-state index contributed by atoms with van der Waals surface area (Å²) in [6.07, 6.45) is 4.03. The van der Waals surface area contributed by atoms with E-state index >= 15 is 0 Å². The molecule has 0 spiro atoms. The van der Waals surface area contributed by atoms with Gasteiger partial charge >= 0.3 is 20.8 Å². The molecule has 12 atom stereocenters. The van der Waals surface area contributed by atoms with E-state index in [1.807, 2.05) is 6.92 Å². The van der Waals surface area contributed by atoms with Crippen LogP contribution in [0.5, 0.6) is 0 Å². The zero-order valence-electron chi connectivity index (χ0n) is 25.2. The molecule has 3 N–H and O–H groups in total. The van der Waals surface area contributed by atoms with E-state index in [0.29, 0.717) is 30.1 Å². The first-order valence-corrected chi connectivity index (χ1v) is 17.9. The molecule has 0 heterocycles. The summed E-state index contributed by atoms with van der Waals surface area (Å²) in [5.41, 5.74) is -0.212. The second-order valence-electron chi connectivity index (χ2n) is 15.4. The number of hydrogen-bond donors (Lipinski definition) is 3. The second-order valence-corrected chi connectivity index (χ2v) is 17.5. The van der Waals surface area contributed by atoms with E-state index in [1.54, 1.807) is 0 Å². The largest absolute Gasteiger partial charge is 0.397 e. The highest BCUT2D eigenvalue weighted by Gasteiger charge is 2.64. The van der Waals surface area contributed by atoms with Gasteiger partial charge in [0, 0.05) is 0 Å². The standard InChI is InChI=1S/C29H52O9S2/c1-17(8-9-18(2)27(3,4)5)20-10-11-21-19-14-25(37-39(31,32)33)23-15-24(30)26(38-40(34,35)36)16-29(23,7)22(19)12-13-28(20,21)6/h17-26,30H,8-16H2,1-7H3,(H,31,32,33)(H,34,35,36). The highest BCUT2D eigenvalue weighted by atomic mass is 32.3. The summed E-state index contributed by atoms with van der Waals surface area (Å²) in [6, 6.07) is 0. The fourth-order valence-electron chi connectivity index (χ4n) is 9.91. The molecule has 0 aromatic heterocycles. The molecule has 4 aliphatic carbocycles. The van der Waals surface area contributed by atoms with Crippen molar-refractivity contribution < 1.29 is 39.4 Å². The second kappa shape index (κ2) is 11.0. The Bertz CT molecular complexity index is 1130. The Hall–Kier alpha value is -0.300. The normalized spacial score (nSPS) is 43.9. The minimum absolute atomic E-state index is 0.0631. The van der Waals surface area contributed by atoms with Crippen LogP contribution in [-0.4, -0.2) is 49.4 Å². The van der Waals surface area contributed by atoms with Crippen LogP contribution in [0.1, 0.15) is 106 Å². The fourth-order valence-corrected chi connectivity index (χ4v) is 10.9. The van der Waals surface area contributed by atoms with Crippen molar-refractivity contribution in [3.05, 3.63) is 0 Å². The van der Waals surface area contributed by atoms with Crippen molar-refractivity contribution in [1.29, 1.82) is 0 Å². The Labute approximate surface area is 242 Å². The third-order valence-electron chi connectivity index (χ3n) is 12.4. The molecule has 4 fully saturated rings. The number of fused-ring (bicyclic) bond motifs is 5. The quantitative estimate of drug-likeness (QED) is 0.295. The molecule has 0 aromatic rings. The van der Waals surface area contributed by atoms with Crippen LogP contribution in [0.15, 0.2) is 0 Å². The maximum atomic E-state index is 11.9. The van der Waals surface area contributed by atoms with Gasteiger partial charge in [-0.15, -0.1) is 0 Å². The average Bonchev–Trinajstić information content (AvgIpc) is 3.13. The lowest BCUT2D eigenvalue weighted by Crippen LogP contribution is -2.61. The molecule has 0 aromatic carbocycles. The zero-order valence-corrected chi connectivity index (χ0v) is 26.9. The summed E-state index contributed by atoms with van der Waals surface area (Å²) >= 11 is 0. The predicted octanol–water partition coefficient (Wildman–Crippen LogP) is 5.70. The highest BCUT2D eigenvalue weighted by Crippen LogP contribution is 2.69. The van der Waals surface area contributed by atoms with E-state index in [0.717, 1.165) is 25.7 Å².